The molecule has 2 aromatic rings. The molecule has 0 aliphatic rings. The lowest BCUT2D eigenvalue weighted by molar-refractivity contribution is 0.444. The molecule has 1 aromatic heterocycles. The number of aromatic nitrogens is 3. The molecule has 0 aliphatic carbocycles. The van der Waals surface area contributed by atoms with E-state index in [4.69, 9.17) is 4.74 Å². The summed E-state index contributed by atoms with van der Waals surface area (Å²) >= 11 is 0. The maximum absolute atomic E-state index is 5.35. The lowest BCUT2D eigenvalue weighted by Crippen LogP contribution is -1.85. The van der Waals surface area contributed by atoms with Crippen molar-refractivity contribution < 1.29 is 4.74 Å². The molecular weight excluding hydrogens is 166 g/mol. The SMILES string of the molecule is Cc1nc(Oc2ccccc2)n[nH]1. The Kier molecular flexibility index (Phi) is 1.96. The van der Waals surface area contributed by atoms with Crippen LogP contribution in [0.2, 0.25) is 0 Å². The number of aryl methyl sites for hydroxylation is 1. The summed E-state index contributed by atoms with van der Waals surface area (Å²) in [5, 5.41) is 6.56. The Morgan fingerprint density at radius 3 is 2.62 bits per heavy atom. The van der Waals surface area contributed by atoms with Gasteiger partial charge in [-0.2, -0.15) is 4.98 Å². The fraction of sp³-hybridized carbons (Fsp3) is 0.111. The van der Waals surface area contributed by atoms with Gasteiger partial charge in [-0.3, -0.25) is 5.10 Å². The Bertz CT molecular complexity index is 383. The highest BCUT2D eigenvalue weighted by atomic mass is 16.5. The van der Waals surface area contributed by atoms with Crippen LogP contribution >= 0.6 is 0 Å². The maximum atomic E-state index is 5.35. The summed E-state index contributed by atoms with van der Waals surface area (Å²) in [6, 6.07) is 9.78. The van der Waals surface area contributed by atoms with Crippen molar-refractivity contribution in [3.63, 3.8) is 0 Å². The minimum Gasteiger partial charge on any atom is -0.423 e. The van der Waals surface area contributed by atoms with E-state index >= 15 is 0 Å². The molecule has 1 aromatic carbocycles. The van der Waals surface area contributed by atoms with Gasteiger partial charge in [-0.1, -0.05) is 18.2 Å². The van der Waals surface area contributed by atoms with Crippen LogP contribution in [0.25, 0.3) is 0 Å². The summed E-state index contributed by atoms with van der Waals surface area (Å²) in [6.07, 6.45) is 0. The van der Waals surface area contributed by atoms with Crippen molar-refractivity contribution in [3.8, 4) is 11.8 Å². The van der Waals surface area contributed by atoms with Gasteiger partial charge < -0.3 is 4.74 Å². The van der Waals surface area contributed by atoms with Crippen molar-refractivity contribution in [3.05, 3.63) is 36.2 Å². The van der Waals surface area contributed by atoms with E-state index in [2.05, 4.69) is 15.2 Å². The second-order valence-electron chi connectivity index (χ2n) is 2.62. The van der Waals surface area contributed by atoms with Gasteiger partial charge in [0.15, 0.2) is 0 Å². The van der Waals surface area contributed by atoms with E-state index in [9.17, 15) is 0 Å². The average molecular weight is 175 g/mol. The second kappa shape index (κ2) is 3.26. The van der Waals surface area contributed by atoms with Gasteiger partial charge in [0.05, 0.1) is 0 Å². The van der Waals surface area contributed by atoms with Crippen LogP contribution in [0.5, 0.6) is 11.8 Å². The molecule has 13 heavy (non-hydrogen) atoms. The summed E-state index contributed by atoms with van der Waals surface area (Å²) in [6.45, 7) is 1.82. The maximum Gasteiger partial charge on any atom is 0.341 e. The Balaban J connectivity index is 2.15. The van der Waals surface area contributed by atoms with Crippen molar-refractivity contribution in [2.45, 2.75) is 6.92 Å². The zero-order chi connectivity index (χ0) is 9.10. The van der Waals surface area contributed by atoms with Crippen LogP contribution in [0.4, 0.5) is 0 Å². The molecule has 0 saturated heterocycles. The molecule has 0 bridgehead atoms. The number of H-pyrrole nitrogens is 1. The average Bonchev–Trinajstić information content (AvgIpc) is 2.53. The predicted molar refractivity (Wildman–Crippen MR) is 47.6 cm³/mol. The van der Waals surface area contributed by atoms with E-state index in [0.29, 0.717) is 6.01 Å². The Morgan fingerprint density at radius 1 is 1.23 bits per heavy atom. The van der Waals surface area contributed by atoms with Crippen molar-refractivity contribution in [2.75, 3.05) is 0 Å². The zero-order valence-corrected chi connectivity index (χ0v) is 7.19. The lowest BCUT2D eigenvalue weighted by Gasteiger charge is -1.97. The number of hydrogen-bond acceptors (Lipinski definition) is 3. The number of nitrogens with zero attached hydrogens (tertiary/aromatic N) is 2. The number of hydrogen-bond donors (Lipinski definition) is 1. The number of nitrogens with one attached hydrogen (secondary N) is 1. The highest BCUT2D eigenvalue weighted by molar-refractivity contribution is 5.23. The highest BCUT2D eigenvalue weighted by Gasteiger charge is 2.00. The summed E-state index contributed by atoms with van der Waals surface area (Å²) in [4.78, 5) is 4.02. The van der Waals surface area contributed by atoms with Crippen molar-refractivity contribution in [1.29, 1.82) is 0 Å². The molecule has 0 fully saturated rings. The molecule has 0 radical (unpaired) electrons. The predicted octanol–water partition coefficient (Wildman–Crippen LogP) is 1.91. The molecule has 1 N–H and O–H groups in total. The fourth-order valence-electron chi connectivity index (χ4n) is 0.962. The van der Waals surface area contributed by atoms with Crippen LogP contribution in [-0.2, 0) is 0 Å². The summed E-state index contributed by atoms with van der Waals surface area (Å²) in [7, 11) is 0. The largest absolute Gasteiger partial charge is 0.423 e. The van der Waals surface area contributed by atoms with Gasteiger partial charge in [0.2, 0.25) is 0 Å². The number of para-hydroxylation sites is 1. The van der Waals surface area contributed by atoms with E-state index in [-0.39, 0.29) is 0 Å². The van der Waals surface area contributed by atoms with Crippen molar-refractivity contribution in [1.82, 2.24) is 15.2 Å². The minimum absolute atomic E-state index is 0.351. The molecule has 0 aliphatic heterocycles. The van der Waals surface area contributed by atoms with Gasteiger partial charge in [0.1, 0.15) is 11.6 Å². The van der Waals surface area contributed by atoms with Crippen LogP contribution in [0, 0.1) is 6.92 Å². The third-order valence-corrected chi connectivity index (χ3v) is 1.53. The summed E-state index contributed by atoms with van der Waals surface area (Å²) in [5.41, 5.74) is 0. The Labute approximate surface area is 75.6 Å². The van der Waals surface area contributed by atoms with Gasteiger partial charge >= 0.3 is 6.01 Å². The van der Waals surface area contributed by atoms with E-state index in [1.165, 1.54) is 0 Å². The van der Waals surface area contributed by atoms with Gasteiger partial charge in [-0.05, 0) is 19.1 Å². The normalized spacial score (nSPS) is 9.92. The Morgan fingerprint density at radius 2 is 2.00 bits per heavy atom. The second-order valence-corrected chi connectivity index (χ2v) is 2.62. The molecule has 0 spiro atoms. The smallest absolute Gasteiger partial charge is 0.341 e. The quantitative estimate of drug-likeness (QED) is 0.758. The molecule has 2 rings (SSSR count). The first-order valence-electron chi connectivity index (χ1n) is 3.96. The van der Waals surface area contributed by atoms with Crippen LogP contribution in [0.15, 0.2) is 30.3 Å². The molecule has 0 amide bonds. The van der Waals surface area contributed by atoms with Crippen molar-refractivity contribution in [2.24, 2.45) is 0 Å². The highest BCUT2D eigenvalue weighted by Crippen LogP contribution is 2.15. The number of rotatable bonds is 2. The first kappa shape index (κ1) is 7.79. The molecule has 0 unspecified atom stereocenters. The zero-order valence-electron chi connectivity index (χ0n) is 7.19. The summed E-state index contributed by atoms with van der Waals surface area (Å²) in [5.74, 6) is 1.48. The Hall–Kier alpha value is -1.84. The number of benzene rings is 1. The molecule has 4 heteroatoms. The molecule has 1 heterocycles. The molecule has 4 nitrogen and oxygen atoms in total. The fourth-order valence-corrected chi connectivity index (χ4v) is 0.962. The van der Waals surface area contributed by atoms with Gasteiger partial charge in [0.25, 0.3) is 0 Å². The number of aromatic amines is 1. The molecule has 0 atom stereocenters. The van der Waals surface area contributed by atoms with Crippen LogP contribution < -0.4 is 4.74 Å². The van der Waals surface area contributed by atoms with Gasteiger partial charge in [0, 0.05) is 0 Å². The van der Waals surface area contributed by atoms with E-state index in [0.717, 1.165) is 11.6 Å². The van der Waals surface area contributed by atoms with Crippen LogP contribution in [0.3, 0.4) is 0 Å². The third-order valence-electron chi connectivity index (χ3n) is 1.53. The van der Waals surface area contributed by atoms with E-state index in [1.807, 2.05) is 37.3 Å². The minimum atomic E-state index is 0.351. The standard InChI is InChI=1S/C9H9N3O/c1-7-10-9(12-11-7)13-8-5-3-2-4-6-8/h2-6H,1H3,(H,10,11,12). The first-order valence-corrected chi connectivity index (χ1v) is 3.96. The number of ether oxygens (including phenoxy) is 1. The van der Waals surface area contributed by atoms with E-state index in [1.54, 1.807) is 0 Å². The first-order chi connectivity index (χ1) is 6.34. The molecule has 66 valence electrons. The third kappa shape index (κ3) is 1.84. The summed E-state index contributed by atoms with van der Waals surface area (Å²) < 4.78 is 5.35. The molecular formula is C9H9N3O. The van der Waals surface area contributed by atoms with Gasteiger partial charge in [-0.25, -0.2) is 0 Å². The van der Waals surface area contributed by atoms with Crippen molar-refractivity contribution >= 4 is 0 Å². The van der Waals surface area contributed by atoms with E-state index < -0.39 is 0 Å². The lowest BCUT2D eigenvalue weighted by atomic mass is 10.3. The molecule has 0 saturated carbocycles. The topological polar surface area (TPSA) is 50.8 Å². The van der Waals surface area contributed by atoms with Crippen LogP contribution in [0.1, 0.15) is 5.82 Å². The van der Waals surface area contributed by atoms with Crippen LogP contribution in [-0.4, -0.2) is 15.2 Å². The monoisotopic (exact) mass is 175 g/mol. The van der Waals surface area contributed by atoms with Gasteiger partial charge in [-0.15, -0.1) is 5.10 Å².